The van der Waals surface area contributed by atoms with E-state index in [4.69, 9.17) is 10.2 Å². The van der Waals surface area contributed by atoms with Gasteiger partial charge in [-0.15, -0.1) is 0 Å². The van der Waals surface area contributed by atoms with E-state index in [2.05, 4.69) is 19.9 Å². The van der Waals surface area contributed by atoms with Crippen LogP contribution in [0.5, 0.6) is 0 Å². The van der Waals surface area contributed by atoms with Gasteiger partial charge in [0.1, 0.15) is 0 Å². The van der Waals surface area contributed by atoms with Crippen LogP contribution in [0.3, 0.4) is 0 Å². The Morgan fingerprint density at radius 1 is 1.20 bits per heavy atom. The molecule has 0 fully saturated rings. The normalized spacial score (nSPS) is 11.3. The topological polar surface area (TPSA) is 81.1 Å². The highest BCUT2D eigenvalue weighted by Gasteiger charge is 2.15. The van der Waals surface area contributed by atoms with E-state index in [1.165, 1.54) is 0 Å². The summed E-state index contributed by atoms with van der Waals surface area (Å²) in [7, 11) is 4.00. The van der Waals surface area contributed by atoms with E-state index in [0.717, 1.165) is 17.5 Å². The van der Waals surface area contributed by atoms with Crippen molar-refractivity contribution in [2.75, 3.05) is 19.8 Å². The Labute approximate surface area is 116 Å². The highest BCUT2D eigenvalue weighted by atomic mass is 16.3. The van der Waals surface area contributed by atoms with Crippen molar-refractivity contribution < 1.29 is 4.42 Å². The van der Waals surface area contributed by atoms with Crippen molar-refractivity contribution in [3.05, 3.63) is 36.4 Å². The highest BCUT2D eigenvalue weighted by Crippen LogP contribution is 2.33. The lowest BCUT2D eigenvalue weighted by Gasteiger charge is -2.08. The molecule has 102 valence electrons. The minimum absolute atomic E-state index is 0.487. The first kappa shape index (κ1) is 12.6. The minimum Gasteiger partial charge on any atom is -0.449 e. The maximum atomic E-state index is 6.08. The molecule has 0 spiro atoms. The van der Waals surface area contributed by atoms with E-state index in [1.54, 1.807) is 24.8 Å². The number of furan rings is 1. The molecule has 0 bridgehead atoms. The van der Waals surface area contributed by atoms with Gasteiger partial charge in [-0.1, -0.05) is 0 Å². The van der Waals surface area contributed by atoms with Crippen molar-refractivity contribution in [3.8, 4) is 11.6 Å². The van der Waals surface area contributed by atoms with Crippen LogP contribution in [0.2, 0.25) is 0 Å². The summed E-state index contributed by atoms with van der Waals surface area (Å²) in [5.74, 6) is 0.977. The van der Waals surface area contributed by atoms with E-state index in [-0.39, 0.29) is 0 Å². The van der Waals surface area contributed by atoms with Crippen molar-refractivity contribution >= 4 is 16.7 Å². The third kappa shape index (κ3) is 2.21. The van der Waals surface area contributed by atoms with Gasteiger partial charge in [0.15, 0.2) is 17.2 Å². The van der Waals surface area contributed by atoms with Crippen LogP contribution in [0.1, 0.15) is 5.56 Å². The van der Waals surface area contributed by atoms with Gasteiger partial charge in [0.25, 0.3) is 0 Å². The first-order chi connectivity index (χ1) is 9.65. The van der Waals surface area contributed by atoms with Crippen molar-refractivity contribution in [2.24, 2.45) is 0 Å². The fraction of sp³-hybridized carbons (Fsp3) is 0.214. The number of nitrogens with two attached hydrogens (primary N) is 1. The molecule has 0 radical (unpaired) electrons. The Balaban J connectivity index is 2.00. The lowest BCUT2D eigenvalue weighted by atomic mass is 10.2. The summed E-state index contributed by atoms with van der Waals surface area (Å²) in [5.41, 5.74) is 8.30. The molecule has 0 unspecified atom stereocenters. The number of hydrogen-bond donors (Lipinski definition) is 1. The molecular weight excluding hydrogens is 254 g/mol. The number of rotatable bonds is 3. The molecule has 3 aromatic heterocycles. The van der Waals surface area contributed by atoms with Crippen molar-refractivity contribution in [1.29, 1.82) is 0 Å². The standard InChI is InChI=1S/C14H15N5O/c1-19(2)8-9-5-17-14(18-6-9)13-12(15)10-3-4-16-7-11(10)20-13/h3-7H,8,15H2,1-2H3. The van der Waals surface area contributed by atoms with Crippen LogP contribution in [0.15, 0.2) is 35.3 Å². The van der Waals surface area contributed by atoms with Crippen molar-refractivity contribution in [1.82, 2.24) is 19.9 Å². The second kappa shape index (κ2) is 4.90. The summed E-state index contributed by atoms with van der Waals surface area (Å²) < 4.78 is 5.68. The third-order valence-electron chi connectivity index (χ3n) is 2.94. The molecule has 0 saturated carbocycles. The average molecular weight is 269 g/mol. The second-order valence-electron chi connectivity index (χ2n) is 4.87. The van der Waals surface area contributed by atoms with Crippen molar-refractivity contribution in [2.45, 2.75) is 6.54 Å². The summed E-state index contributed by atoms with van der Waals surface area (Å²) in [6.45, 7) is 0.791. The fourth-order valence-electron chi connectivity index (χ4n) is 2.06. The van der Waals surface area contributed by atoms with Crippen LogP contribution in [-0.4, -0.2) is 33.9 Å². The van der Waals surface area contributed by atoms with Gasteiger partial charge in [-0.25, -0.2) is 9.97 Å². The Bertz CT molecular complexity index is 733. The second-order valence-corrected chi connectivity index (χ2v) is 4.87. The van der Waals surface area contributed by atoms with E-state index >= 15 is 0 Å². The molecule has 0 amide bonds. The predicted octanol–water partition coefficient (Wildman–Crippen LogP) is 1.93. The summed E-state index contributed by atoms with van der Waals surface area (Å²) in [5, 5.41) is 0.830. The van der Waals surface area contributed by atoms with Crippen LogP contribution in [-0.2, 0) is 6.54 Å². The van der Waals surface area contributed by atoms with Crippen LogP contribution < -0.4 is 5.73 Å². The highest BCUT2D eigenvalue weighted by molar-refractivity contribution is 5.95. The summed E-state index contributed by atoms with van der Waals surface area (Å²) in [6.07, 6.45) is 6.88. The quantitative estimate of drug-likeness (QED) is 0.782. The molecule has 20 heavy (non-hydrogen) atoms. The van der Waals surface area contributed by atoms with E-state index < -0.39 is 0 Å². The Morgan fingerprint density at radius 3 is 2.60 bits per heavy atom. The molecule has 2 N–H and O–H groups in total. The zero-order valence-corrected chi connectivity index (χ0v) is 11.4. The fourth-order valence-corrected chi connectivity index (χ4v) is 2.06. The predicted molar refractivity (Wildman–Crippen MR) is 76.8 cm³/mol. The SMILES string of the molecule is CN(C)Cc1cnc(-c2oc3cnccc3c2N)nc1. The lowest BCUT2D eigenvalue weighted by molar-refractivity contribution is 0.401. The summed E-state index contributed by atoms with van der Waals surface area (Å²) >= 11 is 0. The van der Waals surface area contributed by atoms with Gasteiger partial charge >= 0.3 is 0 Å². The number of fused-ring (bicyclic) bond motifs is 1. The maximum absolute atomic E-state index is 6.08. The Kier molecular flexibility index (Phi) is 3.08. The van der Waals surface area contributed by atoms with Crippen LogP contribution in [0, 0.1) is 0 Å². The molecule has 0 atom stereocenters. The van der Waals surface area contributed by atoms with E-state index in [1.807, 2.05) is 20.2 Å². The van der Waals surface area contributed by atoms with Crippen molar-refractivity contribution in [3.63, 3.8) is 0 Å². The first-order valence-electron chi connectivity index (χ1n) is 6.23. The molecule has 0 aliphatic carbocycles. The monoisotopic (exact) mass is 269 g/mol. The zero-order chi connectivity index (χ0) is 14.1. The molecule has 6 nitrogen and oxygen atoms in total. The zero-order valence-electron chi connectivity index (χ0n) is 11.4. The summed E-state index contributed by atoms with van der Waals surface area (Å²) in [6, 6.07) is 1.82. The minimum atomic E-state index is 0.487. The molecule has 3 heterocycles. The number of anilines is 1. The Hall–Kier alpha value is -2.47. The van der Waals surface area contributed by atoms with Gasteiger partial charge < -0.3 is 15.1 Å². The van der Waals surface area contributed by atoms with Crippen LogP contribution in [0.25, 0.3) is 22.6 Å². The molecule has 6 heteroatoms. The molecular formula is C14H15N5O. The number of nitrogens with zero attached hydrogens (tertiary/aromatic N) is 4. The Morgan fingerprint density at radius 2 is 1.95 bits per heavy atom. The first-order valence-corrected chi connectivity index (χ1v) is 6.23. The average Bonchev–Trinajstić information content (AvgIpc) is 2.77. The molecule has 3 aromatic rings. The number of pyridine rings is 1. The molecule has 3 rings (SSSR count). The number of hydrogen-bond acceptors (Lipinski definition) is 6. The van der Waals surface area contributed by atoms with Gasteiger partial charge in [0.05, 0.1) is 11.9 Å². The maximum Gasteiger partial charge on any atom is 0.197 e. The molecule has 0 aromatic carbocycles. The van der Waals surface area contributed by atoms with Gasteiger partial charge in [-0.05, 0) is 20.2 Å². The van der Waals surface area contributed by atoms with Crippen LogP contribution >= 0.6 is 0 Å². The van der Waals surface area contributed by atoms with Gasteiger partial charge in [0, 0.05) is 36.1 Å². The molecule has 0 aliphatic rings. The van der Waals surface area contributed by atoms with Gasteiger partial charge in [0.2, 0.25) is 0 Å². The van der Waals surface area contributed by atoms with Gasteiger partial charge in [-0.2, -0.15) is 0 Å². The molecule has 0 saturated heterocycles. The third-order valence-corrected chi connectivity index (χ3v) is 2.94. The smallest absolute Gasteiger partial charge is 0.197 e. The number of aromatic nitrogens is 3. The van der Waals surface area contributed by atoms with Crippen LogP contribution in [0.4, 0.5) is 5.69 Å². The summed E-state index contributed by atoms with van der Waals surface area (Å²) in [4.78, 5) is 14.7. The lowest BCUT2D eigenvalue weighted by Crippen LogP contribution is -2.11. The van der Waals surface area contributed by atoms with E-state index in [0.29, 0.717) is 22.9 Å². The molecule has 0 aliphatic heterocycles. The largest absolute Gasteiger partial charge is 0.449 e. The van der Waals surface area contributed by atoms with Gasteiger partial charge in [-0.3, -0.25) is 4.98 Å². The van der Waals surface area contributed by atoms with E-state index in [9.17, 15) is 0 Å². The number of nitrogen functional groups attached to an aromatic ring is 1.